The van der Waals surface area contributed by atoms with Gasteiger partial charge in [0.25, 0.3) is 15.9 Å². The van der Waals surface area contributed by atoms with E-state index in [1.807, 2.05) is 32.0 Å². The lowest BCUT2D eigenvalue weighted by Crippen LogP contribution is -2.27. The number of nitrogens with zero attached hydrogens (tertiary/aromatic N) is 1. The number of benzene rings is 3. The number of hydrogen-bond donors (Lipinski definition) is 1. The average Bonchev–Trinajstić information content (AvgIpc) is 2.71. The van der Waals surface area contributed by atoms with E-state index >= 15 is 0 Å². The van der Waals surface area contributed by atoms with E-state index in [1.54, 1.807) is 25.1 Å². The van der Waals surface area contributed by atoms with Crippen molar-refractivity contribution in [3.8, 4) is 0 Å². The van der Waals surface area contributed by atoms with Gasteiger partial charge in [-0.1, -0.05) is 35.9 Å². The fourth-order valence-corrected chi connectivity index (χ4v) is 4.56. The summed E-state index contributed by atoms with van der Waals surface area (Å²) in [6.07, 6.45) is 0. The second kappa shape index (κ2) is 8.50. The van der Waals surface area contributed by atoms with E-state index in [0.717, 1.165) is 22.4 Å². The van der Waals surface area contributed by atoms with Crippen LogP contribution in [0.4, 0.5) is 11.4 Å². The van der Waals surface area contributed by atoms with Crippen LogP contribution in [0, 0.1) is 20.8 Å². The van der Waals surface area contributed by atoms with Gasteiger partial charge in [0.2, 0.25) is 0 Å². The molecular formula is C23H23ClN2O3S. The Labute approximate surface area is 182 Å². The molecule has 3 aromatic rings. The molecule has 0 spiro atoms. The highest BCUT2D eigenvalue weighted by Crippen LogP contribution is 2.28. The summed E-state index contributed by atoms with van der Waals surface area (Å²) >= 11 is 5.87. The van der Waals surface area contributed by atoms with Gasteiger partial charge in [-0.15, -0.1) is 0 Å². The lowest BCUT2D eigenvalue weighted by atomic mass is 10.1. The molecule has 5 nitrogen and oxygen atoms in total. The predicted molar refractivity (Wildman–Crippen MR) is 122 cm³/mol. The second-order valence-corrected chi connectivity index (χ2v) is 9.55. The van der Waals surface area contributed by atoms with Gasteiger partial charge in [-0.3, -0.25) is 9.10 Å². The molecule has 1 N–H and O–H groups in total. The molecule has 0 unspecified atom stereocenters. The molecule has 0 radical (unpaired) electrons. The number of carbonyl (C=O) groups excluding carboxylic acids is 1. The summed E-state index contributed by atoms with van der Waals surface area (Å²) < 4.78 is 27.3. The van der Waals surface area contributed by atoms with Gasteiger partial charge in [-0.05, 0) is 73.9 Å². The first-order chi connectivity index (χ1) is 14.1. The van der Waals surface area contributed by atoms with Crippen LogP contribution >= 0.6 is 11.6 Å². The molecule has 0 aliphatic carbocycles. The molecule has 7 heteroatoms. The summed E-state index contributed by atoms with van der Waals surface area (Å²) in [6.45, 7) is 5.65. The van der Waals surface area contributed by atoms with Crippen molar-refractivity contribution >= 4 is 38.9 Å². The van der Waals surface area contributed by atoms with E-state index in [1.165, 1.54) is 35.6 Å². The molecule has 1 amide bonds. The first kappa shape index (κ1) is 21.9. The van der Waals surface area contributed by atoms with Crippen LogP contribution in [0.1, 0.15) is 27.0 Å². The highest BCUT2D eigenvalue weighted by Gasteiger charge is 2.23. The minimum absolute atomic E-state index is 0.124. The Hall–Kier alpha value is -2.83. The first-order valence-electron chi connectivity index (χ1n) is 9.34. The molecule has 0 heterocycles. The Morgan fingerprint density at radius 3 is 2.10 bits per heavy atom. The zero-order chi connectivity index (χ0) is 22.1. The van der Waals surface area contributed by atoms with Crippen LogP contribution in [0.3, 0.4) is 0 Å². The van der Waals surface area contributed by atoms with E-state index in [2.05, 4.69) is 5.32 Å². The van der Waals surface area contributed by atoms with Gasteiger partial charge in [0.05, 0.1) is 10.6 Å². The maximum absolute atomic E-state index is 13.0. The fraction of sp³-hybridized carbons (Fsp3) is 0.174. The van der Waals surface area contributed by atoms with Gasteiger partial charge in [0.1, 0.15) is 0 Å². The second-order valence-electron chi connectivity index (χ2n) is 7.15. The molecule has 0 saturated carbocycles. The summed E-state index contributed by atoms with van der Waals surface area (Å²) in [6, 6.07) is 16.8. The van der Waals surface area contributed by atoms with Crippen LogP contribution in [0.15, 0.2) is 65.6 Å². The number of carbonyl (C=O) groups is 1. The summed E-state index contributed by atoms with van der Waals surface area (Å²) in [5.74, 6) is -0.300. The van der Waals surface area contributed by atoms with Crippen LogP contribution in [0.5, 0.6) is 0 Å². The predicted octanol–water partition coefficient (Wildman–Crippen LogP) is 5.34. The number of sulfonamides is 1. The first-order valence-corrected chi connectivity index (χ1v) is 11.2. The zero-order valence-corrected chi connectivity index (χ0v) is 18.8. The summed E-state index contributed by atoms with van der Waals surface area (Å²) in [4.78, 5) is 13.0. The number of aryl methyl sites for hydroxylation is 3. The molecule has 30 heavy (non-hydrogen) atoms. The molecule has 0 bridgehead atoms. The number of hydrogen-bond acceptors (Lipinski definition) is 3. The topological polar surface area (TPSA) is 66.5 Å². The number of halogens is 1. The Kier molecular flexibility index (Phi) is 6.19. The Morgan fingerprint density at radius 1 is 0.900 bits per heavy atom. The number of para-hydroxylation sites is 1. The summed E-state index contributed by atoms with van der Waals surface area (Å²) in [7, 11) is -2.33. The third-order valence-electron chi connectivity index (χ3n) is 5.00. The van der Waals surface area contributed by atoms with Gasteiger partial charge in [0.15, 0.2) is 0 Å². The van der Waals surface area contributed by atoms with Gasteiger partial charge >= 0.3 is 0 Å². The van der Waals surface area contributed by atoms with Gasteiger partial charge in [-0.2, -0.15) is 0 Å². The Bertz CT molecular complexity index is 1190. The maximum Gasteiger partial charge on any atom is 0.264 e. The van der Waals surface area contributed by atoms with Gasteiger partial charge in [0, 0.05) is 23.3 Å². The molecule has 3 rings (SSSR count). The molecule has 0 aromatic heterocycles. The smallest absolute Gasteiger partial charge is 0.264 e. The quantitative estimate of drug-likeness (QED) is 0.579. The normalized spacial score (nSPS) is 11.2. The highest BCUT2D eigenvalue weighted by atomic mass is 35.5. The minimum Gasteiger partial charge on any atom is -0.322 e. The Balaban J connectivity index is 1.95. The van der Waals surface area contributed by atoms with Crippen molar-refractivity contribution in [2.75, 3.05) is 16.7 Å². The molecule has 0 fully saturated rings. The lowest BCUT2D eigenvalue weighted by molar-refractivity contribution is 0.102. The van der Waals surface area contributed by atoms with Crippen molar-refractivity contribution in [2.45, 2.75) is 25.7 Å². The third-order valence-corrected chi connectivity index (χ3v) is 7.04. The van der Waals surface area contributed by atoms with E-state index in [9.17, 15) is 13.2 Å². The van der Waals surface area contributed by atoms with E-state index in [0.29, 0.717) is 16.3 Å². The van der Waals surface area contributed by atoms with E-state index in [4.69, 9.17) is 11.6 Å². The third kappa shape index (κ3) is 4.35. The van der Waals surface area contributed by atoms with Crippen LogP contribution in [0.2, 0.25) is 5.02 Å². The highest BCUT2D eigenvalue weighted by molar-refractivity contribution is 7.92. The van der Waals surface area contributed by atoms with Gasteiger partial charge < -0.3 is 5.32 Å². The summed E-state index contributed by atoms with van der Waals surface area (Å²) in [5.41, 5.74) is 4.21. The number of nitrogens with one attached hydrogen (secondary N) is 1. The largest absolute Gasteiger partial charge is 0.322 e. The molecular weight excluding hydrogens is 420 g/mol. The lowest BCUT2D eigenvalue weighted by Gasteiger charge is -2.22. The maximum atomic E-state index is 13.0. The molecule has 0 aliphatic rings. The molecule has 3 aromatic carbocycles. The van der Waals surface area contributed by atoms with Crippen molar-refractivity contribution < 1.29 is 13.2 Å². The summed E-state index contributed by atoms with van der Waals surface area (Å²) in [5, 5.41) is 3.39. The van der Waals surface area contributed by atoms with Crippen LogP contribution in [0.25, 0.3) is 0 Å². The average molecular weight is 443 g/mol. The molecule has 0 atom stereocenters. The van der Waals surface area contributed by atoms with Crippen LogP contribution in [-0.2, 0) is 10.0 Å². The van der Waals surface area contributed by atoms with Crippen molar-refractivity contribution in [1.29, 1.82) is 0 Å². The monoisotopic (exact) mass is 442 g/mol. The van der Waals surface area contributed by atoms with Crippen LogP contribution < -0.4 is 9.62 Å². The van der Waals surface area contributed by atoms with Crippen molar-refractivity contribution in [2.24, 2.45) is 0 Å². The standard InChI is InChI=1S/C23H23ClN2O3S/c1-15-8-9-18(23(27)25-22-16(2)6-5-7-17(22)3)14-21(15)26(4)30(28,29)20-12-10-19(24)11-13-20/h5-14H,1-4H3,(H,25,27). The number of rotatable bonds is 5. The molecule has 0 aliphatic heterocycles. The zero-order valence-electron chi connectivity index (χ0n) is 17.2. The SMILES string of the molecule is Cc1ccc(C(=O)Nc2c(C)cccc2C)cc1N(C)S(=O)(=O)c1ccc(Cl)cc1. The van der Waals surface area contributed by atoms with E-state index in [-0.39, 0.29) is 10.8 Å². The number of amides is 1. The Morgan fingerprint density at radius 2 is 1.50 bits per heavy atom. The molecule has 156 valence electrons. The van der Waals surface area contributed by atoms with Crippen molar-refractivity contribution in [1.82, 2.24) is 0 Å². The van der Waals surface area contributed by atoms with Gasteiger partial charge in [-0.25, -0.2) is 8.42 Å². The molecule has 0 saturated heterocycles. The van der Waals surface area contributed by atoms with Crippen LogP contribution in [-0.4, -0.2) is 21.4 Å². The minimum atomic E-state index is -3.80. The van der Waals surface area contributed by atoms with Crippen molar-refractivity contribution in [3.63, 3.8) is 0 Å². The van der Waals surface area contributed by atoms with E-state index < -0.39 is 10.0 Å². The fourth-order valence-electron chi connectivity index (χ4n) is 3.18. The number of anilines is 2. The van der Waals surface area contributed by atoms with Crippen molar-refractivity contribution in [3.05, 3.63) is 87.9 Å².